The van der Waals surface area contributed by atoms with E-state index in [0.717, 1.165) is 36.8 Å². The molecular weight excluding hydrogens is 953 g/mol. The van der Waals surface area contributed by atoms with Crippen LogP contribution < -0.4 is 0 Å². The fourth-order valence-corrected chi connectivity index (χ4v) is 14.0. The lowest BCUT2D eigenvalue weighted by atomic mass is 9.86. The molecule has 0 unspecified atom stereocenters. The minimum absolute atomic E-state index is 0.0887. The molecule has 76 heavy (non-hydrogen) atoms. The summed E-state index contributed by atoms with van der Waals surface area (Å²) in [6.45, 7) is 23.1. The molecule has 0 bridgehead atoms. The molecule has 0 aliphatic heterocycles. The van der Waals surface area contributed by atoms with Crippen LogP contribution in [0.4, 0.5) is 0 Å². The third kappa shape index (κ3) is 16.4. The molecule has 0 atom stereocenters. The van der Waals surface area contributed by atoms with Crippen molar-refractivity contribution in [3.05, 3.63) is 128 Å². The van der Waals surface area contributed by atoms with E-state index in [1.165, 1.54) is 217 Å². The number of aryl methyl sites for hydroxylation is 4. The summed E-state index contributed by atoms with van der Waals surface area (Å²) < 4.78 is 5.41. The number of hydrogen-bond donors (Lipinski definition) is 0. The predicted octanol–water partition coefficient (Wildman–Crippen LogP) is 23.4. The van der Waals surface area contributed by atoms with Gasteiger partial charge in [-0.3, -0.25) is 0 Å². The van der Waals surface area contributed by atoms with E-state index >= 15 is 0 Å². The number of rotatable bonds is 28. The summed E-state index contributed by atoms with van der Waals surface area (Å²) in [5, 5.41) is 5.40. The van der Waals surface area contributed by atoms with Crippen LogP contribution in [-0.4, -0.2) is 0 Å². The molecule has 0 amide bonds. The lowest BCUT2D eigenvalue weighted by molar-refractivity contribution is 0.590. The quantitative estimate of drug-likeness (QED) is 0.0339. The average Bonchev–Trinajstić information content (AvgIpc) is 3.96. The van der Waals surface area contributed by atoms with Gasteiger partial charge in [-0.2, -0.15) is 0 Å². The molecule has 0 radical (unpaired) electrons. The van der Waals surface area contributed by atoms with E-state index in [1.54, 1.807) is 22.3 Å². The van der Waals surface area contributed by atoms with Crippen LogP contribution in [0.3, 0.4) is 0 Å². The summed E-state index contributed by atoms with van der Waals surface area (Å²) in [5.41, 5.74) is 13.7. The topological polar surface area (TPSA) is 0 Å². The monoisotopic (exact) mass is 1050 g/mol. The van der Waals surface area contributed by atoms with Crippen LogP contribution in [0.15, 0.2) is 72.8 Å². The summed E-state index contributed by atoms with van der Waals surface area (Å²) in [5.74, 6) is 15.6. The molecule has 0 spiro atoms. The van der Waals surface area contributed by atoms with Crippen molar-refractivity contribution in [2.45, 2.75) is 260 Å². The smallest absolute Gasteiger partial charge is 0.0532 e. The highest BCUT2D eigenvalue weighted by molar-refractivity contribution is 7.28. The van der Waals surface area contributed by atoms with Gasteiger partial charge in [0.2, 0.25) is 0 Å². The molecule has 0 nitrogen and oxygen atoms in total. The summed E-state index contributed by atoms with van der Waals surface area (Å²) >= 11 is 3.98. The second-order valence-electron chi connectivity index (χ2n) is 24.8. The average molecular weight is 1050 g/mol. The fraction of sp³-hybridized carbons (Fsp3) is 0.541. The van der Waals surface area contributed by atoms with Crippen molar-refractivity contribution in [3.8, 4) is 23.7 Å². The zero-order chi connectivity index (χ0) is 53.9. The van der Waals surface area contributed by atoms with E-state index in [1.807, 2.05) is 22.7 Å². The Bertz CT molecular complexity index is 2830. The molecule has 2 heterocycles. The van der Waals surface area contributed by atoms with Crippen molar-refractivity contribution >= 4 is 63.0 Å². The third-order valence-corrected chi connectivity index (χ3v) is 18.7. The zero-order valence-corrected chi connectivity index (χ0v) is 51.2. The SMILES string of the molecule is CCCCCCCCc1cc2sc3c(C#Cc4ccc(C(C)(C)C)cc4)c4c(sc5cc(CCCCCCCC)c(CCCCCCCC)cc54)c(C#Cc4ccc(C(C)(C)C)cc4)c3c2cc1CCCCCCCC. The summed E-state index contributed by atoms with van der Waals surface area (Å²) in [6.07, 6.45) is 36.3. The maximum Gasteiger partial charge on any atom is 0.0532 e. The maximum absolute atomic E-state index is 4.00. The molecule has 7 rings (SSSR count). The van der Waals surface area contributed by atoms with Crippen LogP contribution in [0.1, 0.15) is 279 Å². The first-order valence-electron chi connectivity index (χ1n) is 31.0. The van der Waals surface area contributed by atoms with Gasteiger partial charge in [-0.1, -0.05) is 246 Å². The molecule has 5 aromatic carbocycles. The second kappa shape index (κ2) is 29.6. The van der Waals surface area contributed by atoms with Crippen molar-refractivity contribution in [2.75, 3.05) is 0 Å². The Morgan fingerprint density at radius 1 is 0.329 bits per heavy atom. The van der Waals surface area contributed by atoms with Crippen molar-refractivity contribution in [1.82, 2.24) is 0 Å². The lowest BCUT2D eigenvalue weighted by Crippen LogP contribution is -2.10. The van der Waals surface area contributed by atoms with Crippen LogP contribution in [-0.2, 0) is 36.5 Å². The van der Waals surface area contributed by atoms with Gasteiger partial charge < -0.3 is 0 Å². The zero-order valence-electron chi connectivity index (χ0n) is 49.5. The Hall–Kier alpha value is -4.34. The number of benzene rings is 5. The Kier molecular flexibility index (Phi) is 23.1. The molecule has 2 aromatic heterocycles. The fourth-order valence-electron chi connectivity index (χ4n) is 11.5. The Morgan fingerprint density at radius 2 is 0.605 bits per heavy atom. The van der Waals surface area contributed by atoms with E-state index in [0.29, 0.717) is 0 Å². The summed E-state index contributed by atoms with van der Waals surface area (Å²) in [7, 11) is 0. The van der Waals surface area contributed by atoms with Crippen LogP contribution in [0.2, 0.25) is 0 Å². The molecule has 0 aliphatic rings. The van der Waals surface area contributed by atoms with Gasteiger partial charge in [0, 0.05) is 42.1 Å². The van der Waals surface area contributed by atoms with Crippen molar-refractivity contribution < 1.29 is 0 Å². The first-order valence-corrected chi connectivity index (χ1v) is 32.6. The van der Waals surface area contributed by atoms with Crippen LogP contribution in [0, 0.1) is 23.7 Å². The Labute approximate surface area is 472 Å². The predicted molar refractivity (Wildman–Crippen MR) is 343 cm³/mol. The van der Waals surface area contributed by atoms with E-state index in [2.05, 4.69) is 166 Å². The molecule has 7 aromatic rings. The van der Waals surface area contributed by atoms with Gasteiger partial charge in [0.15, 0.2) is 0 Å². The van der Waals surface area contributed by atoms with Crippen LogP contribution >= 0.6 is 22.7 Å². The number of thiophene rings is 2. The van der Waals surface area contributed by atoms with Gasteiger partial charge >= 0.3 is 0 Å². The highest BCUT2D eigenvalue weighted by atomic mass is 32.1. The highest BCUT2D eigenvalue weighted by Gasteiger charge is 2.24. The van der Waals surface area contributed by atoms with Gasteiger partial charge in [-0.25, -0.2) is 0 Å². The minimum atomic E-state index is 0.0887. The molecule has 0 aliphatic carbocycles. The van der Waals surface area contributed by atoms with Crippen molar-refractivity contribution in [2.24, 2.45) is 0 Å². The van der Waals surface area contributed by atoms with Crippen LogP contribution in [0.25, 0.3) is 40.3 Å². The molecule has 0 saturated heterocycles. The molecule has 0 N–H and O–H groups in total. The standard InChI is InChI=1S/C74H98S2/c1-11-15-19-23-27-31-35-57-51-65-67(53-59(57)37-33-29-25-21-17-13-3)75-71-64(50-44-56-41-47-62(48-42-56)74(8,9)10)70-66-52-58(36-32-28-24-20-16-12-2)60(38-34-30-26-22-18-14-4)54-68(66)76-72(70)63(69(65)71)49-43-55-39-45-61(46-40-55)73(5,6)7/h39-42,45-48,51-54H,11-38H2,1-10H3. The molecule has 406 valence electrons. The maximum atomic E-state index is 4.00. The summed E-state index contributed by atoms with van der Waals surface area (Å²) in [6, 6.07) is 28.7. The van der Waals surface area contributed by atoms with Gasteiger partial charge in [0.05, 0.1) is 20.5 Å². The van der Waals surface area contributed by atoms with Crippen molar-refractivity contribution in [3.63, 3.8) is 0 Å². The molecule has 2 heteroatoms. The van der Waals surface area contributed by atoms with E-state index < -0.39 is 0 Å². The lowest BCUT2D eigenvalue weighted by Gasteiger charge is -2.18. The Morgan fingerprint density at radius 3 is 0.895 bits per heavy atom. The van der Waals surface area contributed by atoms with Gasteiger partial charge in [0.1, 0.15) is 0 Å². The minimum Gasteiger partial charge on any atom is -0.134 e. The highest BCUT2D eigenvalue weighted by Crippen LogP contribution is 2.49. The number of hydrogen-bond acceptors (Lipinski definition) is 2. The van der Waals surface area contributed by atoms with E-state index in [4.69, 9.17) is 0 Å². The molecule has 0 fully saturated rings. The third-order valence-electron chi connectivity index (χ3n) is 16.3. The first kappa shape index (κ1) is 59.3. The van der Waals surface area contributed by atoms with Gasteiger partial charge in [0.25, 0.3) is 0 Å². The normalized spacial score (nSPS) is 12.0. The van der Waals surface area contributed by atoms with Gasteiger partial charge in [-0.15, -0.1) is 22.7 Å². The van der Waals surface area contributed by atoms with Crippen LogP contribution in [0.5, 0.6) is 0 Å². The summed E-state index contributed by atoms with van der Waals surface area (Å²) in [4.78, 5) is 0. The van der Waals surface area contributed by atoms with E-state index in [9.17, 15) is 0 Å². The number of unbranched alkanes of at least 4 members (excludes halogenated alkanes) is 20. The molecule has 0 saturated carbocycles. The van der Waals surface area contributed by atoms with Gasteiger partial charge in [-0.05, 0) is 144 Å². The molecular formula is C74H98S2. The second-order valence-corrected chi connectivity index (χ2v) is 26.9. The largest absolute Gasteiger partial charge is 0.134 e. The van der Waals surface area contributed by atoms with E-state index in [-0.39, 0.29) is 10.8 Å². The van der Waals surface area contributed by atoms with Crippen molar-refractivity contribution in [1.29, 1.82) is 0 Å². The first-order chi connectivity index (χ1) is 36.8. The Balaban J connectivity index is 1.49. The number of fused-ring (bicyclic) bond motifs is 6.